The summed E-state index contributed by atoms with van der Waals surface area (Å²) < 4.78 is 18.4. The zero-order valence-electron chi connectivity index (χ0n) is 8.43. The van der Waals surface area contributed by atoms with Gasteiger partial charge in [0.2, 0.25) is 0 Å². The van der Waals surface area contributed by atoms with Crippen LogP contribution in [0.5, 0.6) is 5.75 Å². The van der Waals surface area contributed by atoms with Crippen molar-refractivity contribution in [1.82, 2.24) is 5.32 Å². The number of Topliss-reactive ketones (excluding diaryl/α,β-unsaturated/α-hetero) is 1. The second-order valence-electron chi connectivity index (χ2n) is 2.90. The molecule has 0 unspecified atom stereocenters. The van der Waals surface area contributed by atoms with Crippen molar-refractivity contribution in [3.05, 3.63) is 28.5 Å². The number of rotatable bonds is 4. The number of hydrogen-bond donors (Lipinski definition) is 1. The molecule has 1 rings (SSSR count). The number of halogens is 2. The molecule has 1 aromatic rings. The summed E-state index contributed by atoms with van der Waals surface area (Å²) in [4.78, 5) is 11.4. The van der Waals surface area contributed by atoms with E-state index in [1.165, 1.54) is 19.2 Å². The van der Waals surface area contributed by atoms with E-state index in [1.807, 2.05) is 0 Å². The predicted octanol–water partition coefficient (Wildman–Crippen LogP) is 1.89. The summed E-state index contributed by atoms with van der Waals surface area (Å²) in [6.07, 6.45) is 0. The van der Waals surface area contributed by atoms with Gasteiger partial charge in [-0.1, -0.05) is 11.6 Å². The molecule has 1 aromatic carbocycles. The van der Waals surface area contributed by atoms with Gasteiger partial charge in [0.05, 0.1) is 19.2 Å². The Morgan fingerprint density at radius 1 is 1.60 bits per heavy atom. The molecule has 0 aliphatic rings. The SMILES string of the molecule is CNCC(=O)c1ccc(OC)c(Cl)c1F. The van der Waals surface area contributed by atoms with Crippen LogP contribution in [-0.4, -0.2) is 26.5 Å². The molecule has 3 nitrogen and oxygen atoms in total. The average molecular weight is 232 g/mol. The van der Waals surface area contributed by atoms with Crippen LogP contribution in [0.3, 0.4) is 0 Å². The maximum atomic E-state index is 13.6. The molecule has 0 aromatic heterocycles. The highest BCUT2D eigenvalue weighted by molar-refractivity contribution is 6.32. The summed E-state index contributed by atoms with van der Waals surface area (Å²) >= 11 is 5.67. The number of methoxy groups -OCH3 is 1. The molecule has 0 saturated heterocycles. The van der Waals surface area contributed by atoms with Gasteiger partial charge in [-0.05, 0) is 19.2 Å². The summed E-state index contributed by atoms with van der Waals surface area (Å²) in [5.41, 5.74) is -0.0323. The van der Waals surface area contributed by atoms with Crippen molar-refractivity contribution in [2.75, 3.05) is 20.7 Å². The standard InChI is InChI=1S/C10H11ClFNO2/c1-13-5-7(14)6-3-4-8(15-2)9(11)10(6)12/h3-4,13H,5H2,1-2H3. The van der Waals surface area contributed by atoms with E-state index >= 15 is 0 Å². The molecule has 0 amide bonds. The molecule has 0 fully saturated rings. The van der Waals surface area contributed by atoms with Gasteiger partial charge >= 0.3 is 0 Å². The number of likely N-dealkylation sites (N-methyl/N-ethyl adjacent to an activating group) is 1. The second-order valence-corrected chi connectivity index (χ2v) is 3.27. The molecule has 0 aliphatic heterocycles. The summed E-state index contributed by atoms with van der Waals surface area (Å²) in [6.45, 7) is 0.0690. The number of ketones is 1. The summed E-state index contributed by atoms with van der Waals surface area (Å²) in [6, 6.07) is 2.83. The van der Waals surface area contributed by atoms with Crippen molar-refractivity contribution in [2.24, 2.45) is 0 Å². The van der Waals surface area contributed by atoms with Gasteiger partial charge in [0.15, 0.2) is 11.6 Å². The van der Waals surface area contributed by atoms with Gasteiger partial charge < -0.3 is 10.1 Å². The maximum absolute atomic E-state index is 13.6. The number of nitrogens with one attached hydrogen (secondary N) is 1. The van der Waals surface area contributed by atoms with E-state index in [2.05, 4.69) is 5.32 Å². The molecule has 5 heteroatoms. The molecule has 15 heavy (non-hydrogen) atoms. The van der Waals surface area contributed by atoms with Crippen molar-refractivity contribution < 1.29 is 13.9 Å². The Morgan fingerprint density at radius 3 is 2.80 bits per heavy atom. The van der Waals surface area contributed by atoms with Gasteiger partial charge in [-0.3, -0.25) is 4.79 Å². The minimum absolute atomic E-state index is 0.0323. The molecule has 0 radical (unpaired) electrons. The number of hydrogen-bond acceptors (Lipinski definition) is 3. The van der Waals surface area contributed by atoms with Crippen LogP contribution >= 0.6 is 11.6 Å². The van der Waals surface area contributed by atoms with Crippen molar-refractivity contribution in [2.45, 2.75) is 0 Å². The van der Waals surface area contributed by atoms with E-state index in [4.69, 9.17) is 16.3 Å². The van der Waals surface area contributed by atoms with Crippen molar-refractivity contribution in [1.29, 1.82) is 0 Å². The third kappa shape index (κ3) is 2.46. The van der Waals surface area contributed by atoms with E-state index in [0.717, 1.165) is 0 Å². The maximum Gasteiger partial charge on any atom is 0.179 e. The smallest absolute Gasteiger partial charge is 0.179 e. The zero-order chi connectivity index (χ0) is 11.4. The summed E-state index contributed by atoms with van der Waals surface area (Å²) in [5.74, 6) is -0.869. The molecule has 1 N–H and O–H groups in total. The first-order chi connectivity index (χ1) is 7.11. The molecule has 0 atom stereocenters. The van der Waals surface area contributed by atoms with Crippen molar-refractivity contribution in [3.8, 4) is 5.75 Å². The van der Waals surface area contributed by atoms with Crippen molar-refractivity contribution >= 4 is 17.4 Å². The van der Waals surface area contributed by atoms with Crippen LogP contribution in [0.2, 0.25) is 5.02 Å². The van der Waals surface area contributed by atoms with Gasteiger partial charge in [-0.25, -0.2) is 4.39 Å². The fourth-order valence-corrected chi connectivity index (χ4v) is 1.40. The molecular weight excluding hydrogens is 221 g/mol. The lowest BCUT2D eigenvalue weighted by Gasteiger charge is -2.07. The second kappa shape index (κ2) is 5.09. The van der Waals surface area contributed by atoms with E-state index in [1.54, 1.807) is 7.05 Å². The quantitative estimate of drug-likeness (QED) is 0.805. The van der Waals surface area contributed by atoms with Gasteiger partial charge in [-0.15, -0.1) is 0 Å². The predicted molar refractivity (Wildman–Crippen MR) is 56.2 cm³/mol. The minimum Gasteiger partial charge on any atom is -0.495 e. The minimum atomic E-state index is -0.740. The van der Waals surface area contributed by atoms with E-state index in [-0.39, 0.29) is 28.7 Å². The van der Waals surface area contributed by atoms with E-state index < -0.39 is 5.82 Å². The molecule has 0 spiro atoms. The molecular formula is C10H11ClFNO2. The monoisotopic (exact) mass is 231 g/mol. The van der Waals surface area contributed by atoms with Crippen LogP contribution < -0.4 is 10.1 Å². The normalized spacial score (nSPS) is 10.1. The highest BCUT2D eigenvalue weighted by Crippen LogP contribution is 2.29. The Hall–Kier alpha value is -1.13. The summed E-state index contributed by atoms with van der Waals surface area (Å²) in [7, 11) is 3.00. The largest absolute Gasteiger partial charge is 0.495 e. The van der Waals surface area contributed by atoms with Gasteiger partial charge in [-0.2, -0.15) is 0 Å². The topological polar surface area (TPSA) is 38.3 Å². The fourth-order valence-electron chi connectivity index (χ4n) is 1.16. The van der Waals surface area contributed by atoms with Gasteiger partial charge in [0.1, 0.15) is 10.8 Å². The molecule has 82 valence electrons. The first-order valence-corrected chi connectivity index (χ1v) is 4.69. The summed E-state index contributed by atoms with van der Waals surface area (Å²) in [5, 5.41) is 2.48. The molecule has 0 bridgehead atoms. The Labute approximate surface area is 92.2 Å². The fraction of sp³-hybridized carbons (Fsp3) is 0.300. The number of carbonyl (C=O) groups is 1. The Bertz CT molecular complexity index is 382. The lowest BCUT2D eigenvalue weighted by Crippen LogP contribution is -2.19. The van der Waals surface area contributed by atoms with Crippen LogP contribution in [0.25, 0.3) is 0 Å². The van der Waals surface area contributed by atoms with Crippen LogP contribution in [0.4, 0.5) is 4.39 Å². The zero-order valence-corrected chi connectivity index (χ0v) is 9.19. The van der Waals surface area contributed by atoms with Crippen LogP contribution in [0, 0.1) is 5.82 Å². The average Bonchev–Trinajstić information content (AvgIpc) is 2.22. The van der Waals surface area contributed by atoms with Crippen LogP contribution in [0.1, 0.15) is 10.4 Å². The van der Waals surface area contributed by atoms with Gasteiger partial charge in [0, 0.05) is 0 Å². The number of benzene rings is 1. The van der Waals surface area contributed by atoms with Crippen molar-refractivity contribution in [3.63, 3.8) is 0 Å². The molecule has 0 heterocycles. The number of ether oxygens (including phenoxy) is 1. The Kier molecular flexibility index (Phi) is 4.05. The highest BCUT2D eigenvalue weighted by atomic mass is 35.5. The Morgan fingerprint density at radius 2 is 2.27 bits per heavy atom. The first-order valence-electron chi connectivity index (χ1n) is 4.31. The van der Waals surface area contributed by atoms with Crippen LogP contribution in [0.15, 0.2) is 12.1 Å². The molecule has 0 aliphatic carbocycles. The van der Waals surface area contributed by atoms with E-state index in [0.29, 0.717) is 0 Å². The van der Waals surface area contributed by atoms with Gasteiger partial charge in [0.25, 0.3) is 0 Å². The third-order valence-corrected chi connectivity index (χ3v) is 2.26. The van der Waals surface area contributed by atoms with Crippen LogP contribution in [-0.2, 0) is 0 Å². The third-order valence-electron chi connectivity index (χ3n) is 1.90. The lowest BCUT2D eigenvalue weighted by molar-refractivity contribution is 0.0989. The highest BCUT2D eigenvalue weighted by Gasteiger charge is 2.16. The Balaban J connectivity index is 3.11. The molecule has 0 saturated carbocycles. The lowest BCUT2D eigenvalue weighted by atomic mass is 10.1. The first kappa shape index (κ1) is 11.9. The number of carbonyl (C=O) groups excluding carboxylic acids is 1. The van der Waals surface area contributed by atoms with E-state index in [9.17, 15) is 9.18 Å².